The number of carbonyl (C=O) groups excluding carboxylic acids is 1. The highest BCUT2D eigenvalue weighted by Crippen LogP contribution is 2.22. The molecule has 16 heavy (non-hydrogen) atoms. The van der Waals surface area contributed by atoms with Crippen LogP contribution < -0.4 is 0 Å². The largest absolute Gasteiger partial charge is 0.480 e. The van der Waals surface area contributed by atoms with Gasteiger partial charge in [-0.05, 0) is 25.8 Å². The average molecular weight is 223 g/mol. The third-order valence-electron chi connectivity index (χ3n) is 2.89. The summed E-state index contributed by atoms with van der Waals surface area (Å²) in [5, 5.41) is 8.98. The van der Waals surface area contributed by atoms with Gasteiger partial charge in [-0.3, -0.25) is 4.79 Å². The molecule has 0 radical (unpaired) electrons. The van der Waals surface area contributed by atoms with Crippen molar-refractivity contribution < 1.29 is 19.1 Å². The summed E-state index contributed by atoms with van der Waals surface area (Å²) >= 11 is 0. The van der Waals surface area contributed by atoms with E-state index in [9.17, 15) is 9.59 Å². The molecule has 1 aliphatic rings. The number of carboxylic acids is 1. The van der Waals surface area contributed by atoms with Crippen molar-refractivity contribution in [2.75, 3.05) is 6.54 Å². The number of carboxylic acid groups (broad SMARTS) is 1. The van der Waals surface area contributed by atoms with Crippen LogP contribution in [0.5, 0.6) is 0 Å². The Kier molecular flexibility index (Phi) is 2.68. The summed E-state index contributed by atoms with van der Waals surface area (Å²) in [6.07, 6.45) is 2.70. The van der Waals surface area contributed by atoms with Crippen LogP contribution in [0.15, 0.2) is 16.7 Å². The second kappa shape index (κ2) is 4.00. The monoisotopic (exact) mass is 223 g/mol. The summed E-state index contributed by atoms with van der Waals surface area (Å²) in [5.41, 5.74) is 0.452. The molecule has 0 aliphatic carbocycles. The fraction of sp³-hybridized carbons (Fsp3) is 0.455. The molecular weight excluding hydrogens is 210 g/mol. The van der Waals surface area contributed by atoms with E-state index in [2.05, 4.69) is 0 Å². The third kappa shape index (κ3) is 1.68. The lowest BCUT2D eigenvalue weighted by molar-refractivity contribution is -0.141. The third-order valence-corrected chi connectivity index (χ3v) is 2.89. The molecular formula is C11H13NO4. The summed E-state index contributed by atoms with van der Waals surface area (Å²) in [7, 11) is 0. The number of rotatable bonds is 2. The molecule has 1 saturated heterocycles. The minimum absolute atomic E-state index is 0.254. The van der Waals surface area contributed by atoms with E-state index in [-0.39, 0.29) is 5.91 Å². The first-order chi connectivity index (χ1) is 7.61. The van der Waals surface area contributed by atoms with Crippen LogP contribution in [0.1, 0.15) is 29.0 Å². The maximum absolute atomic E-state index is 12.0. The van der Waals surface area contributed by atoms with Crippen molar-refractivity contribution in [1.29, 1.82) is 0 Å². The van der Waals surface area contributed by atoms with E-state index in [4.69, 9.17) is 9.52 Å². The Morgan fingerprint density at radius 1 is 1.56 bits per heavy atom. The number of nitrogens with zero attached hydrogens (tertiary/aromatic N) is 1. The molecule has 0 spiro atoms. The number of carbonyl (C=O) groups is 2. The van der Waals surface area contributed by atoms with Crippen molar-refractivity contribution in [3.8, 4) is 0 Å². The van der Waals surface area contributed by atoms with Crippen LogP contribution in [0.4, 0.5) is 0 Å². The van der Waals surface area contributed by atoms with Gasteiger partial charge in [0.15, 0.2) is 0 Å². The Bertz CT molecular complexity index is 423. The number of hydrogen-bond donors (Lipinski definition) is 1. The highest BCUT2D eigenvalue weighted by Gasteiger charge is 2.35. The summed E-state index contributed by atoms with van der Waals surface area (Å²) < 4.78 is 5.05. The van der Waals surface area contributed by atoms with Gasteiger partial charge in [-0.2, -0.15) is 0 Å². The van der Waals surface area contributed by atoms with E-state index in [0.717, 1.165) is 6.42 Å². The zero-order chi connectivity index (χ0) is 11.7. The van der Waals surface area contributed by atoms with E-state index in [1.54, 1.807) is 13.0 Å². The van der Waals surface area contributed by atoms with Crippen molar-refractivity contribution >= 4 is 11.9 Å². The van der Waals surface area contributed by atoms with Gasteiger partial charge >= 0.3 is 5.97 Å². The normalized spacial score (nSPS) is 20.1. The molecule has 2 rings (SSSR count). The molecule has 1 aromatic heterocycles. The SMILES string of the molecule is Cc1occc1C(=O)N1CCCC1C(=O)O. The van der Waals surface area contributed by atoms with Crippen molar-refractivity contribution in [3.05, 3.63) is 23.7 Å². The van der Waals surface area contributed by atoms with Crippen LogP contribution in [-0.2, 0) is 4.79 Å². The van der Waals surface area contributed by atoms with Crippen molar-refractivity contribution in [2.45, 2.75) is 25.8 Å². The molecule has 0 aromatic carbocycles. The predicted octanol–water partition coefficient (Wildman–Crippen LogP) is 1.28. The number of amides is 1. The molecule has 0 saturated carbocycles. The zero-order valence-electron chi connectivity index (χ0n) is 8.97. The molecule has 5 nitrogen and oxygen atoms in total. The number of hydrogen-bond acceptors (Lipinski definition) is 3. The molecule has 1 amide bonds. The van der Waals surface area contributed by atoms with Crippen molar-refractivity contribution in [1.82, 2.24) is 4.90 Å². The number of aliphatic carboxylic acids is 1. The van der Waals surface area contributed by atoms with Crippen LogP contribution in [0.2, 0.25) is 0 Å². The van der Waals surface area contributed by atoms with Crippen molar-refractivity contribution in [2.24, 2.45) is 0 Å². The first kappa shape index (κ1) is 10.7. The molecule has 86 valence electrons. The van der Waals surface area contributed by atoms with Gasteiger partial charge < -0.3 is 14.4 Å². The quantitative estimate of drug-likeness (QED) is 0.819. The summed E-state index contributed by atoms with van der Waals surface area (Å²) in [6, 6.07) is 0.885. The molecule has 1 aliphatic heterocycles. The lowest BCUT2D eigenvalue weighted by Crippen LogP contribution is -2.40. The molecule has 5 heteroatoms. The van der Waals surface area contributed by atoms with E-state index in [0.29, 0.717) is 24.3 Å². The minimum Gasteiger partial charge on any atom is -0.480 e. The fourth-order valence-electron chi connectivity index (χ4n) is 2.03. The first-order valence-electron chi connectivity index (χ1n) is 5.19. The minimum atomic E-state index is -0.938. The zero-order valence-corrected chi connectivity index (χ0v) is 8.97. The average Bonchev–Trinajstić information content (AvgIpc) is 2.84. The van der Waals surface area contributed by atoms with Gasteiger partial charge in [-0.1, -0.05) is 0 Å². The topological polar surface area (TPSA) is 70.8 Å². The highest BCUT2D eigenvalue weighted by atomic mass is 16.4. The smallest absolute Gasteiger partial charge is 0.326 e. The van der Waals surface area contributed by atoms with Crippen LogP contribution in [0.25, 0.3) is 0 Å². The van der Waals surface area contributed by atoms with Crippen molar-refractivity contribution in [3.63, 3.8) is 0 Å². The molecule has 1 unspecified atom stereocenters. The molecule has 1 fully saturated rings. The Morgan fingerprint density at radius 3 is 2.88 bits per heavy atom. The number of furan rings is 1. The van der Waals surface area contributed by atoms with Crippen LogP contribution in [0, 0.1) is 6.92 Å². The molecule has 0 bridgehead atoms. The van der Waals surface area contributed by atoms with Crippen LogP contribution in [0.3, 0.4) is 0 Å². The Morgan fingerprint density at radius 2 is 2.31 bits per heavy atom. The van der Waals surface area contributed by atoms with E-state index in [1.165, 1.54) is 11.2 Å². The van der Waals surface area contributed by atoms with E-state index >= 15 is 0 Å². The molecule has 1 atom stereocenters. The predicted molar refractivity (Wildman–Crippen MR) is 55.1 cm³/mol. The van der Waals surface area contributed by atoms with E-state index < -0.39 is 12.0 Å². The number of aryl methyl sites for hydroxylation is 1. The summed E-state index contributed by atoms with van der Waals surface area (Å²) in [6.45, 7) is 2.19. The van der Waals surface area contributed by atoms with Gasteiger partial charge in [0, 0.05) is 6.54 Å². The fourth-order valence-corrected chi connectivity index (χ4v) is 2.03. The second-order valence-electron chi connectivity index (χ2n) is 3.89. The van der Waals surface area contributed by atoms with Crippen LogP contribution >= 0.6 is 0 Å². The summed E-state index contributed by atoms with van der Waals surface area (Å²) in [4.78, 5) is 24.4. The maximum atomic E-state index is 12.0. The standard InChI is InChI=1S/C11H13NO4/c1-7-8(4-6-16-7)10(13)12-5-2-3-9(12)11(14)15/h4,6,9H,2-3,5H2,1H3,(H,14,15). The Balaban J connectivity index is 2.22. The first-order valence-corrected chi connectivity index (χ1v) is 5.19. The Labute approximate surface area is 92.7 Å². The van der Waals surface area contributed by atoms with Gasteiger partial charge in [0.05, 0.1) is 11.8 Å². The molecule has 2 heterocycles. The molecule has 1 N–H and O–H groups in total. The van der Waals surface area contributed by atoms with Gasteiger partial charge in [0.25, 0.3) is 5.91 Å². The van der Waals surface area contributed by atoms with Crippen LogP contribution in [-0.4, -0.2) is 34.5 Å². The molecule has 1 aromatic rings. The lowest BCUT2D eigenvalue weighted by atomic mass is 10.2. The van der Waals surface area contributed by atoms with Gasteiger partial charge in [-0.25, -0.2) is 4.79 Å². The number of likely N-dealkylation sites (tertiary alicyclic amines) is 1. The Hall–Kier alpha value is -1.78. The van der Waals surface area contributed by atoms with Gasteiger partial charge in [0.1, 0.15) is 11.8 Å². The van der Waals surface area contributed by atoms with Gasteiger partial charge in [-0.15, -0.1) is 0 Å². The maximum Gasteiger partial charge on any atom is 0.326 e. The van der Waals surface area contributed by atoms with Gasteiger partial charge in [0.2, 0.25) is 0 Å². The second-order valence-corrected chi connectivity index (χ2v) is 3.89. The highest BCUT2D eigenvalue weighted by molar-refractivity contribution is 5.97. The summed E-state index contributed by atoms with van der Waals surface area (Å²) in [5.74, 6) is -0.663. The lowest BCUT2D eigenvalue weighted by Gasteiger charge is -2.20. The van der Waals surface area contributed by atoms with E-state index in [1.807, 2.05) is 0 Å².